The van der Waals surface area contributed by atoms with E-state index in [1.54, 1.807) is 6.33 Å². The molecule has 76 valence electrons. The molecular formula is C9H14N4O. The average molecular weight is 194 g/mol. The zero-order valence-corrected chi connectivity index (χ0v) is 8.23. The van der Waals surface area contributed by atoms with Gasteiger partial charge in [-0.25, -0.2) is 0 Å². The van der Waals surface area contributed by atoms with Gasteiger partial charge in [-0.15, -0.1) is 10.2 Å². The molecular weight excluding hydrogens is 180 g/mol. The van der Waals surface area contributed by atoms with E-state index in [2.05, 4.69) is 15.5 Å². The molecule has 0 unspecified atom stereocenters. The minimum atomic E-state index is 0.00560. The zero-order valence-electron chi connectivity index (χ0n) is 8.23. The Morgan fingerprint density at radius 3 is 3.14 bits per heavy atom. The molecule has 14 heavy (non-hydrogen) atoms. The van der Waals surface area contributed by atoms with E-state index in [0.29, 0.717) is 12.5 Å². The molecule has 0 saturated heterocycles. The first-order valence-electron chi connectivity index (χ1n) is 4.89. The highest BCUT2D eigenvalue weighted by molar-refractivity contribution is 5.72. The smallest absolute Gasteiger partial charge is 0.216 e. The van der Waals surface area contributed by atoms with E-state index in [9.17, 15) is 4.79 Å². The van der Waals surface area contributed by atoms with Crippen molar-refractivity contribution in [3.8, 4) is 0 Å². The second-order valence-electron chi connectivity index (χ2n) is 3.64. The van der Waals surface area contributed by atoms with Gasteiger partial charge >= 0.3 is 0 Å². The Bertz CT molecular complexity index is 329. The van der Waals surface area contributed by atoms with Gasteiger partial charge in [-0.1, -0.05) is 0 Å². The van der Waals surface area contributed by atoms with Gasteiger partial charge in [0.1, 0.15) is 12.2 Å². The van der Waals surface area contributed by atoms with E-state index >= 15 is 0 Å². The van der Waals surface area contributed by atoms with Crippen LogP contribution in [0.5, 0.6) is 0 Å². The monoisotopic (exact) mass is 194 g/mol. The Balaban J connectivity index is 1.88. The molecule has 0 spiro atoms. The van der Waals surface area contributed by atoms with E-state index in [1.807, 2.05) is 4.57 Å². The molecule has 5 nitrogen and oxygen atoms in total. The molecule has 2 rings (SSSR count). The Morgan fingerprint density at radius 1 is 1.71 bits per heavy atom. The fourth-order valence-electron chi connectivity index (χ4n) is 1.45. The van der Waals surface area contributed by atoms with E-state index in [-0.39, 0.29) is 5.91 Å². The lowest BCUT2D eigenvalue weighted by atomic mass is 10.4. The van der Waals surface area contributed by atoms with E-state index < -0.39 is 0 Å². The molecule has 0 bridgehead atoms. The van der Waals surface area contributed by atoms with Gasteiger partial charge in [-0.2, -0.15) is 0 Å². The largest absolute Gasteiger partial charge is 0.355 e. The standard InChI is InChI=1S/C9H14N4O/c1-7(14)10-4-5-13-6-11-12-9(13)8-2-3-8/h6,8H,2-5H2,1H3,(H,10,14). The Hall–Kier alpha value is -1.39. The van der Waals surface area contributed by atoms with Gasteiger partial charge < -0.3 is 9.88 Å². The van der Waals surface area contributed by atoms with Crippen molar-refractivity contribution in [3.05, 3.63) is 12.2 Å². The number of nitrogens with zero attached hydrogens (tertiary/aromatic N) is 3. The average Bonchev–Trinajstić information content (AvgIpc) is 2.87. The quantitative estimate of drug-likeness (QED) is 0.749. The molecule has 0 aromatic carbocycles. The van der Waals surface area contributed by atoms with E-state index in [0.717, 1.165) is 12.4 Å². The number of hydrogen-bond donors (Lipinski definition) is 1. The summed E-state index contributed by atoms with van der Waals surface area (Å²) >= 11 is 0. The van der Waals surface area contributed by atoms with Crippen molar-refractivity contribution in [2.45, 2.75) is 32.2 Å². The molecule has 0 radical (unpaired) electrons. The molecule has 0 aliphatic heterocycles. The minimum absolute atomic E-state index is 0.00560. The van der Waals surface area contributed by atoms with Crippen LogP contribution < -0.4 is 5.32 Å². The summed E-state index contributed by atoms with van der Waals surface area (Å²) in [6.07, 6.45) is 4.17. The molecule has 1 amide bonds. The highest BCUT2D eigenvalue weighted by atomic mass is 16.1. The Kier molecular flexibility index (Phi) is 2.47. The van der Waals surface area contributed by atoms with Crippen LogP contribution in [0.25, 0.3) is 0 Å². The molecule has 1 N–H and O–H groups in total. The van der Waals surface area contributed by atoms with Crippen LogP contribution in [0, 0.1) is 0 Å². The topological polar surface area (TPSA) is 59.8 Å². The van der Waals surface area contributed by atoms with E-state index in [1.165, 1.54) is 19.8 Å². The first-order chi connectivity index (χ1) is 6.77. The maximum absolute atomic E-state index is 10.7. The molecule has 1 heterocycles. The van der Waals surface area contributed by atoms with Crippen LogP contribution in [-0.4, -0.2) is 27.2 Å². The third-order valence-electron chi connectivity index (χ3n) is 2.31. The molecule has 1 fully saturated rings. The molecule has 1 aromatic rings. The predicted molar refractivity (Wildman–Crippen MR) is 50.7 cm³/mol. The van der Waals surface area contributed by atoms with Crippen LogP contribution in [-0.2, 0) is 11.3 Å². The zero-order chi connectivity index (χ0) is 9.97. The van der Waals surface area contributed by atoms with Crippen LogP contribution in [0.1, 0.15) is 31.5 Å². The maximum atomic E-state index is 10.7. The summed E-state index contributed by atoms with van der Waals surface area (Å²) in [5, 5.41) is 10.7. The number of rotatable bonds is 4. The van der Waals surface area contributed by atoms with Crippen molar-refractivity contribution in [3.63, 3.8) is 0 Å². The minimum Gasteiger partial charge on any atom is -0.355 e. The lowest BCUT2D eigenvalue weighted by Gasteiger charge is -2.05. The summed E-state index contributed by atoms with van der Waals surface area (Å²) in [6, 6.07) is 0. The van der Waals surface area contributed by atoms with Gasteiger partial charge in [0.2, 0.25) is 5.91 Å². The summed E-state index contributed by atoms with van der Waals surface area (Å²) in [6.45, 7) is 2.93. The first kappa shape index (κ1) is 9.18. The first-order valence-corrected chi connectivity index (χ1v) is 4.89. The number of carbonyl (C=O) groups excluding carboxylic acids is 1. The maximum Gasteiger partial charge on any atom is 0.216 e. The molecule has 1 aliphatic carbocycles. The number of nitrogens with one attached hydrogen (secondary N) is 1. The summed E-state index contributed by atoms with van der Waals surface area (Å²) in [4.78, 5) is 10.7. The second kappa shape index (κ2) is 3.77. The number of amides is 1. The van der Waals surface area contributed by atoms with Gasteiger partial charge in [-0.05, 0) is 12.8 Å². The van der Waals surface area contributed by atoms with Crippen molar-refractivity contribution in [1.29, 1.82) is 0 Å². The van der Waals surface area contributed by atoms with Crippen LogP contribution >= 0.6 is 0 Å². The number of carbonyl (C=O) groups is 1. The Morgan fingerprint density at radius 2 is 2.50 bits per heavy atom. The third kappa shape index (κ3) is 2.10. The van der Waals surface area contributed by atoms with Gasteiger partial charge in [0.15, 0.2) is 0 Å². The molecule has 1 saturated carbocycles. The fourth-order valence-corrected chi connectivity index (χ4v) is 1.45. The van der Waals surface area contributed by atoms with Gasteiger partial charge in [0.25, 0.3) is 0 Å². The van der Waals surface area contributed by atoms with Crippen molar-refractivity contribution < 1.29 is 4.79 Å². The summed E-state index contributed by atoms with van der Waals surface area (Å²) in [5.41, 5.74) is 0. The summed E-state index contributed by atoms with van der Waals surface area (Å²) in [5.74, 6) is 1.68. The second-order valence-corrected chi connectivity index (χ2v) is 3.64. The third-order valence-corrected chi connectivity index (χ3v) is 2.31. The van der Waals surface area contributed by atoms with Gasteiger partial charge in [0.05, 0.1) is 0 Å². The lowest BCUT2D eigenvalue weighted by Crippen LogP contribution is -2.24. The number of hydrogen-bond acceptors (Lipinski definition) is 3. The summed E-state index contributed by atoms with van der Waals surface area (Å²) in [7, 11) is 0. The van der Waals surface area contributed by atoms with Crippen LogP contribution in [0.15, 0.2) is 6.33 Å². The highest BCUT2D eigenvalue weighted by Gasteiger charge is 2.28. The molecule has 1 aromatic heterocycles. The Labute approximate surface area is 82.5 Å². The molecule has 0 atom stereocenters. The normalized spacial score (nSPS) is 15.5. The van der Waals surface area contributed by atoms with Crippen molar-refractivity contribution in [2.24, 2.45) is 0 Å². The SMILES string of the molecule is CC(=O)NCCn1cnnc1C1CC1. The van der Waals surface area contributed by atoms with E-state index in [4.69, 9.17) is 0 Å². The van der Waals surface area contributed by atoms with Crippen LogP contribution in [0.4, 0.5) is 0 Å². The lowest BCUT2D eigenvalue weighted by molar-refractivity contribution is -0.118. The van der Waals surface area contributed by atoms with Crippen LogP contribution in [0.2, 0.25) is 0 Å². The molecule has 5 heteroatoms. The van der Waals surface area contributed by atoms with Crippen molar-refractivity contribution in [2.75, 3.05) is 6.54 Å². The summed E-state index contributed by atoms with van der Waals surface area (Å²) < 4.78 is 2.02. The highest BCUT2D eigenvalue weighted by Crippen LogP contribution is 2.38. The number of aromatic nitrogens is 3. The van der Waals surface area contributed by atoms with Crippen molar-refractivity contribution in [1.82, 2.24) is 20.1 Å². The van der Waals surface area contributed by atoms with Crippen molar-refractivity contribution >= 4 is 5.91 Å². The predicted octanol–water partition coefficient (Wildman–Crippen LogP) is 0.292. The molecule has 1 aliphatic rings. The van der Waals surface area contributed by atoms with Gasteiger partial charge in [0, 0.05) is 25.9 Å². The van der Waals surface area contributed by atoms with Crippen LogP contribution in [0.3, 0.4) is 0 Å². The fraction of sp³-hybridized carbons (Fsp3) is 0.667. The van der Waals surface area contributed by atoms with Gasteiger partial charge in [-0.3, -0.25) is 4.79 Å².